The van der Waals surface area contributed by atoms with Crippen molar-refractivity contribution in [3.8, 4) is 0 Å². The first kappa shape index (κ1) is 34.2. The zero-order chi connectivity index (χ0) is 31.1. The van der Waals surface area contributed by atoms with Crippen molar-refractivity contribution in [3.05, 3.63) is 11.1 Å². The Balaban J connectivity index is 2.36. The predicted molar refractivity (Wildman–Crippen MR) is 143 cm³/mol. The highest BCUT2D eigenvalue weighted by molar-refractivity contribution is 5.68. The maximum absolute atomic E-state index is 12.1. The second-order valence-electron chi connectivity index (χ2n) is 11.3. The van der Waals surface area contributed by atoms with E-state index in [2.05, 4.69) is 13.8 Å². The van der Waals surface area contributed by atoms with E-state index in [0.29, 0.717) is 19.3 Å². The minimum absolute atomic E-state index is 0.213. The van der Waals surface area contributed by atoms with Crippen molar-refractivity contribution in [1.29, 1.82) is 0 Å². The Hall–Kier alpha value is -2.99. The van der Waals surface area contributed by atoms with E-state index >= 15 is 0 Å². The van der Waals surface area contributed by atoms with Gasteiger partial charge in [0.25, 0.3) is 0 Å². The number of rotatable bonds is 11. The summed E-state index contributed by atoms with van der Waals surface area (Å²) in [5.74, 6) is -3.00. The third-order valence-corrected chi connectivity index (χ3v) is 7.05. The molecule has 0 saturated carbocycles. The third-order valence-electron chi connectivity index (χ3n) is 7.05. The summed E-state index contributed by atoms with van der Waals surface area (Å²) in [5.41, 5.74) is 2.09. The number of esters is 5. The van der Waals surface area contributed by atoms with Crippen LogP contribution in [0.15, 0.2) is 11.1 Å². The molecule has 41 heavy (non-hydrogen) atoms. The van der Waals surface area contributed by atoms with Crippen LogP contribution in [-0.4, -0.2) is 79.4 Å². The molecule has 0 N–H and O–H groups in total. The van der Waals surface area contributed by atoms with Crippen molar-refractivity contribution in [2.45, 2.75) is 131 Å². The minimum atomic E-state index is -1.29. The molecule has 1 aliphatic carbocycles. The summed E-state index contributed by atoms with van der Waals surface area (Å²) < 4.78 is 39.4. The molecule has 0 aromatic rings. The maximum Gasteiger partial charge on any atom is 0.303 e. The highest BCUT2D eigenvalue weighted by Crippen LogP contribution is 2.44. The van der Waals surface area contributed by atoms with E-state index in [1.54, 1.807) is 0 Å². The van der Waals surface area contributed by atoms with E-state index in [1.807, 2.05) is 13.8 Å². The summed E-state index contributed by atoms with van der Waals surface area (Å²) >= 11 is 0. The normalized spacial score (nSPS) is 28.2. The lowest BCUT2D eigenvalue weighted by Gasteiger charge is -2.46. The average molecular weight is 585 g/mol. The molecule has 0 radical (unpaired) electrons. The van der Waals surface area contributed by atoms with Gasteiger partial charge in [0.05, 0.1) is 12.2 Å². The molecule has 1 aliphatic heterocycles. The van der Waals surface area contributed by atoms with E-state index in [0.717, 1.165) is 12.0 Å². The molecular formula is C29H44O12. The molecule has 2 aliphatic rings. The van der Waals surface area contributed by atoms with Crippen LogP contribution in [-0.2, 0) is 57.1 Å². The van der Waals surface area contributed by atoms with Gasteiger partial charge in [-0.2, -0.15) is 0 Å². The largest absolute Gasteiger partial charge is 0.463 e. The summed E-state index contributed by atoms with van der Waals surface area (Å²) in [5, 5.41) is 0. The molecule has 12 nitrogen and oxygen atoms in total. The summed E-state index contributed by atoms with van der Waals surface area (Å²) in [6.07, 6.45) is -4.11. The lowest BCUT2D eigenvalue weighted by atomic mass is 9.70. The average Bonchev–Trinajstić information content (AvgIpc) is 2.79. The SMILES string of the molecule is CC(=O)OC[C@H]1O[C@@H](O[C@@H]2CC(C)=C(CC[C@H](C)OC(C)=O)C(C)(C)C2)[C@H](OC(C)=O)[C@@H](OC(C)=O)[C@@H]1OC(C)=O. The molecule has 0 bridgehead atoms. The minimum Gasteiger partial charge on any atom is -0.463 e. The van der Waals surface area contributed by atoms with Gasteiger partial charge < -0.3 is 33.2 Å². The van der Waals surface area contributed by atoms with Crippen LogP contribution in [0.4, 0.5) is 0 Å². The molecule has 232 valence electrons. The Kier molecular flexibility index (Phi) is 12.3. The van der Waals surface area contributed by atoms with Gasteiger partial charge in [0.1, 0.15) is 12.7 Å². The zero-order valence-electron chi connectivity index (χ0n) is 25.5. The van der Waals surface area contributed by atoms with Crippen LogP contribution in [0.1, 0.15) is 88.0 Å². The van der Waals surface area contributed by atoms with Gasteiger partial charge in [0.15, 0.2) is 24.6 Å². The van der Waals surface area contributed by atoms with Crippen LogP contribution in [0, 0.1) is 5.41 Å². The van der Waals surface area contributed by atoms with E-state index in [1.165, 1.54) is 40.2 Å². The fourth-order valence-corrected chi connectivity index (χ4v) is 5.63. The molecule has 1 heterocycles. The summed E-state index contributed by atoms with van der Waals surface area (Å²) in [6.45, 7) is 13.9. The first-order valence-corrected chi connectivity index (χ1v) is 13.8. The summed E-state index contributed by atoms with van der Waals surface area (Å²) in [4.78, 5) is 59.0. The summed E-state index contributed by atoms with van der Waals surface area (Å²) in [7, 11) is 0. The van der Waals surface area contributed by atoms with Crippen LogP contribution < -0.4 is 0 Å². The fraction of sp³-hybridized carbons (Fsp3) is 0.759. The number of ether oxygens (including phenoxy) is 7. The molecule has 0 aromatic heterocycles. The Morgan fingerprint density at radius 2 is 1.41 bits per heavy atom. The number of hydrogen-bond acceptors (Lipinski definition) is 12. The predicted octanol–water partition coefficient (Wildman–Crippen LogP) is 3.32. The molecule has 0 amide bonds. The molecule has 2 rings (SSSR count). The van der Waals surface area contributed by atoms with Crippen molar-refractivity contribution in [1.82, 2.24) is 0 Å². The third kappa shape index (κ3) is 10.4. The van der Waals surface area contributed by atoms with Crippen LogP contribution in [0.2, 0.25) is 0 Å². The van der Waals surface area contributed by atoms with Gasteiger partial charge >= 0.3 is 29.8 Å². The number of carbonyl (C=O) groups is 5. The molecule has 7 atom stereocenters. The van der Waals surface area contributed by atoms with Crippen molar-refractivity contribution >= 4 is 29.8 Å². The van der Waals surface area contributed by atoms with Gasteiger partial charge in [-0.15, -0.1) is 0 Å². The number of hydrogen-bond donors (Lipinski definition) is 0. The van der Waals surface area contributed by atoms with Crippen molar-refractivity contribution in [2.24, 2.45) is 5.41 Å². The van der Waals surface area contributed by atoms with Crippen molar-refractivity contribution in [2.75, 3.05) is 6.61 Å². The van der Waals surface area contributed by atoms with Crippen LogP contribution in [0.3, 0.4) is 0 Å². The number of carbonyl (C=O) groups excluding carboxylic acids is 5. The highest BCUT2D eigenvalue weighted by Gasteiger charge is 2.53. The second-order valence-corrected chi connectivity index (χ2v) is 11.3. The zero-order valence-corrected chi connectivity index (χ0v) is 25.5. The Morgan fingerprint density at radius 1 is 0.854 bits per heavy atom. The van der Waals surface area contributed by atoms with Crippen molar-refractivity contribution in [3.63, 3.8) is 0 Å². The smallest absolute Gasteiger partial charge is 0.303 e. The van der Waals surface area contributed by atoms with Gasteiger partial charge in [-0.05, 0) is 44.9 Å². The topological polar surface area (TPSA) is 150 Å². The molecule has 0 aromatic carbocycles. The molecular weight excluding hydrogens is 540 g/mol. The monoisotopic (exact) mass is 584 g/mol. The van der Waals surface area contributed by atoms with Crippen molar-refractivity contribution < 1.29 is 57.1 Å². The van der Waals surface area contributed by atoms with E-state index < -0.39 is 54.6 Å². The standard InChI is InChI=1S/C29H44O12/c1-15-12-22(13-29(8,9)23(15)11-10-16(2)36-18(4)31)40-28-27(39-21(7)34)26(38-20(6)33)25(37-19(5)32)24(41-28)14-35-17(3)30/h16,22,24-28H,10-14H2,1-9H3/t16-,22+,24+,25+,26-,27+,28+/m0/s1. The Labute approximate surface area is 241 Å². The van der Waals surface area contributed by atoms with Crippen LogP contribution in [0.5, 0.6) is 0 Å². The van der Waals surface area contributed by atoms with E-state index in [4.69, 9.17) is 33.2 Å². The highest BCUT2D eigenvalue weighted by atomic mass is 16.7. The van der Waals surface area contributed by atoms with E-state index in [9.17, 15) is 24.0 Å². The molecule has 12 heteroatoms. The first-order chi connectivity index (χ1) is 19.0. The van der Waals surface area contributed by atoms with Crippen LogP contribution in [0.25, 0.3) is 0 Å². The lowest BCUT2D eigenvalue weighted by molar-refractivity contribution is -0.318. The molecule has 1 fully saturated rings. The van der Waals surface area contributed by atoms with Gasteiger partial charge in [0, 0.05) is 34.6 Å². The van der Waals surface area contributed by atoms with Gasteiger partial charge in [-0.1, -0.05) is 25.0 Å². The van der Waals surface area contributed by atoms with E-state index in [-0.39, 0.29) is 30.2 Å². The Morgan fingerprint density at radius 3 is 1.93 bits per heavy atom. The number of allylic oxidation sites excluding steroid dienone is 1. The maximum atomic E-state index is 12.1. The lowest BCUT2D eigenvalue weighted by Crippen LogP contribution is -2.63. The van der Waals surface area contributed by atoms with Gasteiger partial charge in [-0.25, -0.2) is 0 Å². The molecule has 0 unspecified atom stereocenters. The summed E-state index contributed by atoms with van der Waals surface area (Å²) in [6, 6.07) is 0. The second kappa shape index (κ2) is 14.8. The molecule has 1 saturated heterocycles. The quantitative estimate of drug-likeness (QED) is 0.199. The van der Waals surface area contributed by atoms with Gasteiger partial charge in [-0.3, -0.25) is 24.0 Å². The Bertz CT molecular complexity index is 1020. The van der Waals surface area contributed by atoms with Gasteiger partial charge in [0.2, 0.25) is 0 Å². The van der Waals surface area contributed by atoms with Crippen LogP contribution >= 0.6 is 0 Å². The molecule has 0 spiro atoms. The fourth-order valence-electron chi connectivity index (χ4n) is 5.63. The first-order valence-electron chi connectivity index (χ1n) is 13.8.